The van der Waals surface area contributed by atoms with E-state index in [0.717, 1.165) is 30.0 Å². The van der Waals surface area contributed by atoms with Crippen LogP contribution in [-0.4, -0.2) is 44.6 Å². The number of aromatic amines is 1. The first-order chi connectivity index (χ1) is 13.0. The molecule has 27 heavy (non-hydrogen) atoms. The summed E-state index contributed by atoms with van der Waals surface area (Å²) in [6, 6.07) is 2.05. The maximum Gasteiger partial charge on any atom is 0.273 e. The molecule has 0 spiro atoms. The van der Waals surface area contributed by atoms with E-state index in [-0.39, 0.29) is 5.91 Å². The highest BCUT2D eigenvalue weighted by Gasteiger charge is 2.26. The molecular weight excluding hydrogens is 340 g/mol. The average molecular weight is 366 g/mol. The van der Waals surface area contributed by atoms with Gasteiger partial charge >= 0.3 is 0 Å². The fraction of sp³-hybridized carbons (Fsp3) is 0.400. The Balaban J connectivity index is 2.01. The quantitative estimate of drug-likeness (QED) is 0.770. The summed E-state index contributed by atoms with van der Waals surface area (Å²) in [7, 11) is 0. The Morgan fingerprint density at radius 1 is 1.26 bits per heavy atom. The van der Waals surface area contributed by atoms with E-state index in [0.29, 0.717) is 23.0 Å². The Bertz CT molecular complexity index is 893. The number of nitrogens with zero attached hydrogens (tertiary/aromatic N) is 4. The third kappa shape index (κ3) is 3.55. The minimum Gasteiger partial charge on any atom is -0.359 e. The number of aromatic nitrogens is 3. The van der Waals surface area contributed by atoms with Crippen molar-refractivity contribution in [3.8, 4) is 0 Å². The van der Waals surface area contributed by atoms with E-state index in [1.165, 1.54) is 11.9 Å². The fourth-order valence-corrected chi connectivity index (χ4v) is 3.75. The number of nitrogens with one attached hydrogen (secondary N) is 2. The number of hydrogen-bond acceptors (Lipinski definition) is 5. The van der Waals surface area contributed by atoms with E-state index in [1.807, 2.05) is 6.08 Å². The van der Waals surface area contributed by atoms with Crippen molar-refractivity contribution in [2.24, 2.45) is 5.10 Å². The molecule has 7 heteroatoms. The van der Waals surface area contributed by atoms with Crippen LogP contribution < -0.4 is 5.43 Å². The molecular formula is C20H26N6O. The van der Waals surface area contributed by atoms with Crippen molar-refractivity contribution in [3.05, 3.63) is 52.4 Å². The van der Waals surface area contributed by atoms with Gasteiger partial charge in [0.25, 0.3) is 5.91 Å². The SMILES string of the molecule is CCN(CC)C(C)c1c(C)[nH]c(/C=C2/C(=O)NN=C2c2ccncn2)c1C. The molecule has 1 amide bonds. The second-order valence-electron chi connectivity index (χ2n) is 6.65. The Morgan fingerprint density at radius 3 is 2.63 bits per heavy atom. The maximum atomic E-state index is 12.3. The van der Waals surface area contributed by atoms with Crippen LogP contribution >= 0.6 is 0 Å². The van der Waals surface area contributed by atoms with Gasteiger partial charge in [0.2, 0.25) is 0 Å². The number of rotatable bonds is 6. The van der Waals surface area contributed by atoms with Crippen molar-refractivity contribution in [1.82, 2.24) is 25.3 Å². The summed E-state index contributed by atoms with van der Waals surface area (Å²) in [5.74, 6) is -0.228. The molecule has 1 aliphatic rings. The second kappa shape index (κ2) is 7.84. The van der Waals surface area contributed by atoms with Crippen molar-refractivity contribution in [2.45, 2.75) is 40.7 Å². The summed E-state index contributed by atoms with van der Waals surface area (Å²) < 4.78 is 0. The van der Waals surface area contributed by atoms with Gasteiger partial charge in [-0.3, -0.25) is 9.69 Å². The van der Waals surface area contributed by atoms with Gasteiger partial charge in [-0.25, -0.2) is 15.4 Å². The summed E-state index contributed by atoms with van der Waals surface area (Å²) in [5, 5.41) is 4.15. The lowest BCUT2D eigenvalue weighted by Gasteiger charge is -2.27. The van der Waals surface area contributed by atoms with Gasteiger partial charge < -0.3 is 4.98 Å². The van der Waals surface area contributed by atoms with Crippen molar-refractivity contribution in [3.63, 3.8) is 0 Å². The molecule has 0 aliphatic carbocycles. The normalized spacial score (nSPS) is 16.7. The Morgan fingerprint density at radius 2 is 2.00 bits per heavy atom. The first-order valence-corrected chi connectivity index (χ1v) is 9.27. The molecule has 0 fully saturated rings. The predicted molar refractivity (Wildman–Crippen MR) is 106 cm³/mol. The summed E-state index contributed by atoms with van der Waals surface area (Å²) in [6.45, 7) is 12.7. The third-order valence-corrected chi connectivity index (χ3v) is 5.19. The van der Waals surface area contributed by atoms with Gasteiger partial charge in [0.1, 0.15) is 12.0 Å². The van der Waals surface area contributed by atoms with Crippen molar-refractivity contribution in [2.75, 3.05) is 13.1 Å². The number of carbonyl (C=O) groups is 1. The molecule has 0 radical (unpaired) electrons. The van der Waals surface area contributed by atoms with Crippen LogP contribution in [0.4, 0.5) is 0 Å². The fourth-order valence-electron chi connectivity index (χ4n) is 3.75. The summed E-state index contributed by atoms with van der Waals surface area (Å²) in [4.78, 5) is 26.3. The average Bonchev–Trinajstić information content (AvgIpc) is 3.16. The van der Waals surface area contributed by atoms with Crippen LogP contribution in [0.5, 0.6) is 0 Å². The monoisotopic (exact) mass is 366 g/mol. The van der Waals surface area contributed by atoms with E-state index in [2.05, 4.69) is 65.0 Å². The largest absolute Gasteiger partial charge is 0.359 e. The highest BCUT2D eigenvalue weighted by Crippen LogP contribution is 2.30. The number of hydrazone groups is 1. The number of carbonyl (C=O) groups excluding carboxylic acids is 1. The summed E-state index contributed by atoms with van der Waals surface area (Å²) in [5.41, 5.74) is 8.67. The molecule has 1 aliphatic heterocycles. The summed E-state index contributed by atoms with van der Waals surface area (Å²) >= 11 is 0. The molecule has 0 aromatic carbocycles. The minimum absolute atomic E-state index is 0.228. The van der Waals surface area contributed by atoms with Crippen LogP contribution in [0.25, 0.3) is 6.08 Å². The lowest BCUT2D eigenvalue weighted by molar-refractivity contribution is -0.116. The Labute approximate surface area is 159 Å². The molecule has 1 unspecified atom stereocenters. The molecule has 2 aromatic heterocycles. The molecule has 142 valence electrons. The van der Waals surface area contributed by atoms with Gasteiger partial charge in [-0.1, -0.05) is 13.8 Å². The van der Waals surface area contributed by atoms with E-state index in [9.17, 15) is 4.79 Å². The van der Waals surface area contributed by atoms with Gasteiger partial charge in [-0.05, 0) is 57.1 Å². The second-order valence-corrected chi connectivity index (χ2v) is 6.65. The first kappa shape index (κ1) is 19.0. The standard InChI is InChI=1S/C20H26N6O/c1-6-26(7-2)14(5)18-12(3)17(23-13(18)4)10-15-19(24-25-20(15)27)16-8-9-21-11-22-16/h8-11,14,23H,6-7H2,1-5H3,(H,25,27)/b15-10+. The van der Waals surface area contributed by atoms with Crippen LogP contribution in [0.1, 0.15) is 55.0 Å². The zero-order valence-corrected chi connectivity index (χ0v) is 16.5. The summed E-state index contributed by atoms with van der Waals surface area (Å²) in [6.07, 6.45) is 4.95. The van der Waals surface area contributed by atoms with E-state index >= 15 is 0 Å². The van der Waals surface area contributed by atoms with Crippen LogP contribution in [0.2, 0.25) is 0 Å². The first-order valence-electron chi connectivity index (χ1n) is 9.27. The van der Waals surface area contributed by atoms with E-state index < -0.39 is 0 Å². The zero-order chi connectivity index (χ0) is 19.6. The van der Waals surface area contributed by atoms with Gasteiger partial charge in [0, 0.05) is 23.6 Å². The number of aryl methyl sites for hydroxylation is 1. The number of hydrogen-bond donors (Lipinski definition) is 2. The van der Waals surface area contributed by atoms with Gasteiger partial charge in [-0.2, -0.15) is 5.10 Å². The van der Waals surface area contributed by atoms with E-state index in [1.54, 1.807) is 12.3 Å². The lowest BCUT2D eigenvalue weighted by Crippen LogP contribution is -2.27. The van der Waals surface area contributed by atoms with Gasteiger partial charge in [0.05, 0.1) is 11.3 Å². The zero-order valence-electron chi connectivity index (χ0n) is 16.5. The molecule has 0 saturated carbocycles. The molecule has 2 aromatic rings. The molecule has 3 rings (SSSR count). The number of H-pyrrole nitrogens is 1. The van der Waals surface area contributed by atoms with Crippen molar-refractivity contribution < 1.29 is 4.79 Å². The molecule has 2 N–H and O–H groups in total. The minimum atomic E-state index is -0.228. The van der Waals surface area contributed by atoms with E-state index in [4.69, 9.17) is 0 Å². The Kier molecular flexibility index (Phi) is 5.51. The van der Waals surface area contributed by atoms with Crippen LogP contribution in [0.3, 0.4) is 0 Å². The van der Waals surface area contributed by atoms with Crippen molar-refractivity contribution in [1.29, 1.82) is 0 Å². The van der Waals surface area contributed by atoms with Crippen LogP contribution in [0.15, 0.2) is 29.3 Å². The molecule has 0 saturated heterocycles. The van der Waals surface area contributed by atoms with Crippen LogP contribution in [0, 0.1) is 13.8 Å². The third-order valence-electron chi connectivity index (χ3n) is 5.19. The topological polar surface area (TPSA) is 86.3 Å². The molecule has 1 atom stereocenters. The molecule has 7 nitrogen and oxygen atoms in total. The van der Waals surface area contributed by atoms with Gasteiger partial charge in [0.15, 0.2) is 0 Å². The lowest BCUT2D eigenvalue weighted by atomic mass is 10.00. The van der Waals surface area contributed by atoms with Gasteiger partial charge in [-0.15, -0.1) is 0 Å². The molecule has 0 bridgehead atoms. The number of amides is 1. The maximum absolute atomic E-state index is 12.3. The molecule has 3 heterocycles. The Hall–Kier alpha value is -2.80. The highest BCUT2D eigenvalue weighted by atomic mass is 16.2. The predicted octanol–water partition coefficient (Wildman–Crippen LogP) is 2.74. The van der Waals surface area contributed by atoms with Crippen molar-refractivity contribution >= 4 is 17.7 Å². The highest BCUT2D eigenvalue weighted by molar-refractivity contribution is 6.32. The van der Waals surface area contributed by atoms with Crippen LogP contribution in [-0.2, 0) is 4.79 Å². The smallest absolute Gasteiger partial charge is 0.273 e.